The van der Waals surface area contributed by atoms with Crippen LogP contribution in [0.4, 0.5) is 5.69 Å². The van der Waals surface area contributed by atoms with Crippen LogP contribution >= 0.6 is 0 Å². The van der Waals surface area contributed by atoms with E-state index in [2.05, 4.69) is 82.8 Å². The molecule has 1 heterocycles. The van der Waals surface area contributed by atoms with E-state index in [0.717, 1.165) is 31.8 Å². The van der Waals surface area contributed by atoms with Crippen LogP contribution in [0.1, 0.15) is 25.0 Å². The first-order chi connectivity index (χ1) is 12.2. The summed E-state index contributed by atoms with van der Waals surface area (Å²) in [5, 5.41) is 0. The van der Waals surface area contributed by atoms with Gasteiger partial charge in [0, 0.05) is 31.9 Å². The summed E-state index contributed by atoms with van der Waals surface area (Å²) < 4.78 is 0. The first kappa shape index (κ1) is 17.3. The van der Waals surface area contributed by atoms with Crippen LogP contribution in [0.2, 0.25) is 0 Å². The van der Waals surface area contributed by atoms with Crippen molar-refractivity contribution in [2.24, 2.45) is 0 Å². The summed E-state index contributed by atoms with van der Waals surface area (Å²) in [6.07, 6.45) is 0. The van der Waals surface area contributed by atoms with Crippen LogP contribution in [0.3, 0.4) is 0 Å². The minimum Gasteiger partial charge on any atom is -0.355 e. The van der Waals surface area contributed by atoms with Gasteiger partial charge in [0.2, 0.25) is 0 Å². The molecule has 0 bridgehead atoms. The summed E-state index contributed by atoms with van der Waals surface area (Å²) in [5.74, 6) is 6.52. The first-order valence-electron chi connectivity index (χ1n) is 8.88. The van der Waals surface area contributed by atoms with Gasteiger partial charge in [-0.25, -0.2) is 0 Å². The molecule has 1 atom stereocenters. The lowest BCUT2D eigenvalue weighted by atomic mass is 10.1. The normalized spacial score (nSPS) is 17.7. The van der Waals surface area contributed by atoms with Crippen molar-refractivity contribution in [3.05, 3.63) is 72.3 Å². The maximum absolute atomic E-state index is 4.02. The molecule has 1 aliphatic rings. The van der Waals surface area contributed by atoms with E-state index in [1.807, 2.05) is 13.8 Å². The van der Waals surface area contributed by atoms with E-state index in [0.29, 0.717) is 0 Å². The molecule has 2 heteroatoms. The molecule has 0 aromatic heterocycles. The van der Waals surface area contributed by atoms with Gasteiger partial charge in [-0.15, -0.1) is 5.92 Å². The predicted octanol–water partition coefficient (Wildman–Crippen LogP) is 4.43. The van der Waals surface area contributed by atoms with E-state index < -0.39 is 0 Å². The fourth-order valence-corrected chi connectivity index (χ4v) is 3.36. The fourth-order valence-electron chi connectivity index (χ4n) is 3.36. The SMILES string of the molecule is C=C(C)c1ccc(N2CCN(Cc3ccccc3)CC2C#CC)cc1. The molecular formula is C23H26N2. The maximum Gasteiger partial charge on any atom is 0.103 e. The molecule has 0 amide bonds. The smallest absolute Gasteiger partial charge is 0.103 e. The Bertz CT molecular complexity index is 765. The lowest BCUT2D eigenvalue weighted by Gasteiger charge is -2.40. The average Bonchev–Trinajstić information content (AvgIpc) is 2.63. The Morgan fingerprint density at radius 1 is 1.08 bits per heavy atom. The number of nitrogens with zero attached hydrogens (tertiary/aromatic N) is 2. The first-order valence-corrected chi connectivity index (χ1v) is 8.88. The van der Waals surface area contributed by atoms with Gasteiger partial charge in [0.25, 0.3) is 0 Å². The number of piperazine rings is 1. The highest BCUT2D eigenvalue weighted by Gasteiger charge is 2.25. The Morgan fingerprint density at radius 2 is 1.80 bits per heavy atom. The van der Waals surface area contributed by atoms with Gasteiger partial charge in [-0.05, 0) is 37.1 Å². The van der Waals surface area contributed by atoms with E-state index in [1.165, 1.54) is 16.8 Å². The van der Waals surface area contributed by atoms with E-state index >= 15 is 0 Å². The quantitative estimate of drug-likeness (QED) is 0.765. The van der Waals surface area contributed by atoms with Gasteiger partial charge in [-0.3, -0.25) is 4.90 Å². The zero-order chi connectivity index (χ0) is 17.6. The summed E-state index contributed by atoms with van der Waals surface area (Å²) in [6, 6.07) is 19.6. The van der Waals surface area contributed by atoms with Crippen LogP contribution in [0, 0.1) is 11.8 Å². The number of hydrogen-bond acceptors (Lipinski definition) is 2. The third-order valence-electron chi connectivity index (χ3n) is 4.72. The molecule has 2 nitrogen and oxygen atoms in total. The van der Waals surface area contributed by atoms with Crippen molar-refractivity contribution in [1.82, 2.24) is 4.90 Å². The number of anilines is 1. The number of benzene rings is 2. The van der Waals surface area contributed by atoms with Crippen LogP contribution in [0.25, 0.3) is 5.57 Å². The van der Waals surface area contributed by atoms with Gasteiger partial charge < -0.3 is 4.90 Å². The summed E-state index contributed by atoms with van der Waals surface area (Å²) in [5.41, 5.74) is 4.91. The molecule has 25 heavy (non-hydrogen) atoms. The molecule has 3 rings (SSSR count). The topological polar surface area (TPSA) is 6.48 Å². The standard InChI is InChI=1S/C23H26N2/c1-4-8-23-18-24(17-20-9-6-5-7-10-20)15-16-25(23)22-13-11-21(12-14-22)19(2)3/h5-7,9-14,23H,2,15-18H2,1,3H3. The molecule has 1 saturated heterocycles. The van der Waals surface area contributed by atoms with Crippen molar-refractivity contribution in [2.45, 2.75) is 26.4 Å². The Kier molecular flexibility index (Phi) is 5.58. The van der Waals surface area contributed by atoms with Crippen molar-refractivity contribution >= 4 is 11.3 Å². The van der Waals surface area contributed by atoms with Crippen LogP contribution in [0.5, 0.6) is 0 Å². The number of hydrogen-bond donors (Lipinski definition) is 0. The molecule has 128 valence electrons. The van der Waals surface area contributed by atoms with Gasteiger partial charge in [-0.1, -0.05) is 60.5 Å². The van der Waals surface area contributed by atoms with Gasteiger partial charge in [-0.2, -0.15) is 0 Å². The molecule has 0 radical (unpaired) electrons. The number of rotatable bonds is 4. The Labute approximate surface area is 151 Å². The van der Waals surface area contributed by atoms with Crippen molar-refractivity contribution in [3.8, 4) is 11.8 Å². The van der Waals surface area contributed by atoms with Crippen LogP contribution in [-0.2, 0) is 6.54 Å². The maximum atomic E-state index is 4.02. The van der Waals surface area contributed by atoms with Crippen molar-refractivity contribution in [1.29, 1.82) is 0 Å². The lowest BCUT2D eigenvalue weighted by Crippen LogP contribution is -2.52. The number of allylic oxidation sites excluding steroid dienone is 1. The second kappa shape index (κ2) is 8.05. The Morgan fingerprint density at radius 3 is 2.44 bits per heavy atom. The zero-order valence-electron chi connectivity index (χ0n) is 15.2. The van der Waals surface area contributed by atoms with Gasteiger partial charge in [0.05, 0.1) is 0 Å². The fraction of sp³-hybridized carbons (Fsp3) is 0.304. The summed E-state index contributed by atoms with van der Waals surface area (Å²) in [4.78, 5) is 4.93. The molecule has 1 fully saturated rings. The Hall–Kier alpha value is -2.50. The molecule has 0 N–H and O–H groups in total. The highest BCUT2D eigenvalue weighted by molar-refractivity contribution is 5.64. The highest BCUT2D eigenvalue weighted by Crippen LogP contribution is 2.23. The molecule has 0 saturated carbocycles. The molecule has 2 aromatic rings. The zero-order valence-corrected chi connectivity index (χ0v) is 15.2. The van der Waals surface area contributed by atoms with Crippen LogP contribution in [0.15, 0.2) is 61.2 Å². The second-order valence-electron chi connectivity index (χ2n) is 6.65. The molecule has 0 spiro atoms. The van der Waals surface area contributed by atoms with Gasteiger partial charge >= 0.3 is 0 Å². The highest BCUT2D eigenvalue weighted by atomic mass is 15.3. The Balaban J connectivity index is 1.73. The monoisotopic (exact) mass is 330 g/mol. The molecule has 2 aromatic carbocycles. The minimum absolute atomic E-state index is 0.234. The van der Waals surface area contributed by atoms with E-state index in [1.54, 1.807) is 0 Å². The minimum atomic E-state index is 0.234. The van der Waals surface area contributed by atoms with Crippen molar-refractivity contribution < 1.29 is 0 Å². The van der Waals surface area contributed by atoms with E-state index in [-0.39, 0.29) is 6.04 Å². The van der Waals surface area contributed by atoms with Gasteiger partial charge in [0.1, 0.15) is 6.04 Å². The third kappa shape index (κ3) is 4.32. The lowest BCUT2D eigenvalue weighted by molar-refractivity contribution is 0.232. The molecular weight excluding hydrogens is 304 g/mol. The second-order valence-corrected chi connectivity index (χ2v) is 6.65. The largest absolute Gasteiger partial charge is 0.355 e. The van der Waals surface area contributed by atoms with E-state index in [4.69, 9.17) is 0 Å². The van der Waals surface area contributed by atoms with Crippen LogP contribution < -0.4 is 4.90 Å². The summed E-state index contributed by atoms with van der Waals surface area (Å²) >= 11 is 0. The van der Waals surface area contributed by atoms with Crippen molar-refractivity contribution in [3.63, 3.8) is 0 Å². The van der Waals surface area contributed by atoms with Gasteiger partial charge in [0.15, 0.2) is 0 Å². The third-order valence-corrected chi connectivity index (χ3v) is 4.72. The summed E-state index contributed by atoms with van der Waals surface area (Å²) in [6.45, 7) is 12.0. The molecule has 0 aliphatic carbocycles. The molecule has 1 unspecified atom stereocenters. The predicted molar refractivity (Wildman–Crippen MR) is 107 cm³/mol. The average molecular weight is 330 g/mol. The summed E-state index contributed by atoms with van der Waals surface area (Å²) in [7, 11) is 0. The van der Waals surface area contributed by atoms with Crippen LogP contribution in [-0.4, -0.2) is 30.6 Å². The molecule has 1 aliphatic heterocycles. The van der Waals surface area contributed by atoms with Crippen molar-refractivity contribution in [2.75, 3.05) is 24.5 Å². The van der Waals surface area contributed by atoms with E-state index in [9.17, 15) is 0 Å².